The molecule has 2 aliphatic rings. The van der Waals surface area contributed by atoms with E-state index < -0.39 is 0 Å². The molecule has 15 heavy (non-hydrogen) atoms. The highest BCUT2D eigenvalue weighted by molar-refractivity contribution is 5.46. The minimum Gasteiger partial charge on any atom is -0.493 e. The molecule has 0 spiro atoms. The second kappa shape index (κ2) is 3.74. The minimum absolute atomic E-state index is 0.683. The number of hydrogen-bond donors (Lipinski definition) is 1. The average Bonchev–Trinajstić information content (AvgIpc) is 2.63. The summed E-state index contributed by atoms with van der Waals surface area (Å²) in [5.41, 5.74) is 1.24. The van der Waals surface area contributed by atoms with Crippen molar-refractivity contribution in [2.45, 2.75) is 6.42 Å². The first-order valence-corrected chi connectivity index (χ1v) is 5.52. The molecule has 2 heterocycles. The van der Waals surface area contributed by atoms with E-state index in [4.69, 9.17) is 9.47 Å². The number of hydrogen-bond acceptors (Lipinski definition) is 3. The van der Waals surface area contributed by atoms with Gasteiger partial charge in [0.15, 0.2) is 0 Å². The first kappa shape index (κ1) is 9.04. The lowest BCUT2D eigenvalue weighted by molar-refractivity contribution is 0.198. The second-order valence-electron chi connectivity index (χ2n) is 4.17. The van der Waals surface area contributed by atoms with Crippen LogP contribution in [-0.4, -0.2) is 26.3 Å². The lowest BCUT2D eigenvalue weighted by Gasteiger charge is -2.27. The van der Waals surface area contributed by atoms with Gasteiger partial charge in [0.2, 0.25) is 0 Å². The Balaban J connectivity index is 1.71. The van der Waals surface area contributed by atoms with E-state index in [-0.39, 0.29) is 0 Å². The highest BCUT2D eigenvalue weighted by Gasteiger charge is 2.20. The molecule has 0 atom stereocenters. The summed E-state index contributed by atoms with van der Waals surface area (Å²) < 4.78 is 11.3. The van der Waals surface area contributed by atoms with Crippen molar-refractivity contribution in [2.75, 3.05) is 26.3 Å². The molecule has 0 aromatic heterocycles. The molecule has 1 aromatic rings. The maximum atomic E-state index is 5.83. The summed E-state index contributed by atoms with van der Waals surface area (Å²) in [5.74, 6) is 2.69. The Bertz CT molecular complexity index is 361. The molecule has 0 bridgehead atoms. The van der Waals surface area contributed by atoms with Gasteiger partial charge in [-0.3, -0.25) is 0 Å². The van der Waals surface area contributed by atoms with Crippen molar-refractivity contribution in [3.63, 3.8) is 0 Å². The van der Waals surface area contributed by atoms with Crippen molar-refractivity contribution in [2.24, 2.45) is 5.92 Å². The van der Waals surface area contributed by atoms with Crippen LogP contribution in [0.2, 0.25) is 0 Å². The summed E-state index contributed by atoms with van der Waals surface area (Å²) in [7, 11) is 0. The number of fused-ring (bicyclic) bond motifs is 1. The fourth-order valence-corrected chi connectivity index (χ4v) is 2.00. The Morgan fingerprint density at radius 1 is 1.40 bits per heavy atom. The van der Waals surface area contributed by atoms with Crippen molar-refractivity contribution < 1.29 is 9.47 Å². The third kappa shape index (κ3) is 1.67. The van der Waals surface area contributed by atoms with Crippen LogP contribution in [0.15, 0.2) is 18.2 Å². The van der Waals surface area contributed by atoms with Crippen LogP contribution in [0, 0.1) is 5.92 Å². The Morgan fingerprint density at radius 2 is 2.33 bits per heavy atom. The Morgan fingerprint density at radius 3 is 3.13 bits per heavy atom. The summed E-state index contributed by atoms with van der Waals surface area (Å²) in [6.45, 7) is 3.79. The van der Waals surface area contributed by atoms with Crippen molar-refractivity contribution in [1.82, 2.24) is 5.32 Å². The van der Waals surface area contributed by atoms with E-state index in [0.717, 1.165) is 44.2 Å². The van der Waals surface area contributed by atoms with Crippen LogP contribution in [-0.2, 0) is 6.42 Å². The molecule has 1 N–H and O–H groups in total. The normalized spacial score (nSPS) is 19.2. The standard InChI is InChI=1S/C12H15NO2/c1-2-11-10(4-5-14-11)12(3-1)15-8-9-6-13-7-9/h1-3,9,13H,4-8H2. The maximum absolute atomic E-state index is 5.83. The molecule has 2 aliphatic heterocycles. The third-order valence-electron chi connectivity index (χ3n) is 3.04. The van der Waals surface area contributed by atoms with E-state index in [1.807, 2.05) is 18.2 Å². The molecule has 0 unspecified atom stereocenters. The number of benzene rings is 1. The van der Waals surface area contributed by atoms with Crippen LogP contribution in [0.25, 0.3) is 0 Å². The van der Waals surface area contributed by atoms with Gasteiger partial charge in [0.05, 0.1) is 13.2 Å². The van der Waals surface area contributed by atoms with E-state index in [9.17, 15) is 0 Å². The molecule has 0 radical (unpaired) electrons. The summed E-state index contributed by atoms with van der Waals surface area (Å²) in [5, 5.41) is 3.25. The van der Waals surface area contributed by atoms with Gasteiger partial charge >= 0.3 is 0 Å². The van der Waals surface area contributed by atoms with Gasteiger partial charge in [-0.05, 0) is 12.1 Å². The predicted octanol–water partition coefficient (Wildman–Crippen LogP) is 1.22. The SMILES string of the molecule is c1cc2c(c(OCC3CNC3)c1)CCO2. The predicted molar refractivity (Wildman–Crippen MR) is 57.5 cm³/mol. The Labute approximate surface area is 89.4 Å². The fourth-order valence-electron chi connectivity index (χ4n) is 2.00. The Kier molecular flexibility index (Phi) is 2.25. The van der Waals surface area contributed by atoms with Gasteiger partial charge in [0.1, 0.15) is 11.5 Å². The number of nitrogens with one attached hydrogen (secondary N) is 1. The van der Waals surface area contributed by atoms with E-state index in [1.54, 1.807) is 0 Å². The number of ether oxygens (including phenoxy) is 2. The highest BCUT2D eigenvalue weighted by atomic mass is 16.5. The molecular formula is C12H15NO2. The molecule has 3 nitrogen and oxygen atoms in total. The van der Waals surface area contributed by atoms with Crippen molar-refractivity contribution in [3.05, 3.63) is 23.8 Å². The van der Waals surface area contributed by atoms with Crippen molar-refractivity contribution >= 4 is 0 Å². The van der Waals surface area contributed by atoms with E-state index in [1.165, 1.54) is 5.56 Å². The summed E-state index contributed by atoms with van der Waals surface area (Å²) in [6.07, 6.45) is 0.981. The zero-order valence-electron chi connectivity index (χ0n) is 8.66. The molecule has 1 aromatic carbocycles. The van der Waals surface area contributed by atoms with Gasteiger partial charge in [0.25, 0.3) is 0 Å². The fraction of sp³-hybridized carbons (Fsp3) is 0.500. The zero-order valence-corrected chi connectivity index (χ0v) is 8.66. The van der Waals surface area contributed by atoms with Crippen LogP contribution in [0.4, 0.5) is 0 Å². The molecule has 0 saturated carbocycles. The topological polar surface area (TPSA) is 30.5 Å². The monoisotopic (exact) mass is 205 g/mol. The van der Waals surface area contributed by atoms with Gasteiger partial charge in [-0.1, -0.05) is 6.07 Å². The summed E-state index contributed by atoms with van der Waals surface area (Å²) in [4.78, 5) is 0. The lowest BCUT2D eigenvalue weighted by Crippen LogP contribution is -2.45. The molecule has 3 rings (SSSR count). The van der Waals surface area contributed by atoms with Crippen LogP contribution in [0.1, 0.15) is 5.56 Å². The van der Waals surface area contributed by atoms with Crippen LogP contribution in [0.5, 0.6) is 11.5 Å². The summed E-state index contributed by atoms with van der Waals surface area (Å²) >= 11 is 0. The molecule has 3 heteroatoms. The van der Waals surface area contributed by atoms with Crippen LogP contribution >= 0.6 is 0 Å². The van der Waals surface area contributed by atoms with Gasteiger partial charge in [-0.25, -0.2) is 0 Å². The van der Waals surface area contributed by atoms with Gasteiger partial charge < -0.3 is 14.8 Å². The van der Waals surface area contributed by atoms with E-state index >= 15 is 0 Å². The van der Waals surface area contributed by atoms with Crippen LogP contribution in [0.3, 0.4) is 0 Å². The molecule has 1 saturated heterocycles. The zero-order chi connectivity index (χ0) is 10.1. The second-order valence-corrected chi connectivity index (χ2v) is 4.17. The van der Waals surface area contributed by atoms with Crippen molar-refractivity contribution in [3.8, 4) is 11.5 Å². The summed E-state index contributed by atoms with van der Waals surface area (Å²) in [6, 6.07) is 6.05. The quantitative estimate of drug-likeness (QED) is 0.804. The van der Waals surface area contributed by atoms with Crippen LogP contribution < -0.4 is 14.8 Å². The highest BCUT2D eigenvalue weighted by Crippen LogP contribution is 2.33. The average molecular weight is 205 g/mol. The van der Waals surface area contributed by atoms with Crippen molar-refractivity contribution in [1.29, 1.82) is 0 Å². The lowest BCUT2D eigenvalue weighted by atomic mass is 10.1. The molecule has 0 amide bonds. The minimum atomic E-state index is 0.683. The molecule has 1 fully saturated rings. The molecule has 0 aliphatic carbocycles. The molecule has 80 valence electrons. The first-order chi connectivity index (χ1) is 7.43. The first-order valence-electron chi connectivity index (χ1n) is 5.52. The molecular weight excluding hydrogens is 190 g/mol. The van der Waals surface area contributed by atoms with Gasteiger partial charge in [-0.15, -0.1) is 0 Å². The third-order valence-corrected chi connectivity index (χ3v) is 3.04. The Hall–Kier alpha value is -1.22. The van der Waals surface area contributed by atoms with E-state index in [2.05, 4.69) is 5.32 Å². The largest absolute Gasteiger partial charge is 0.493 e. The van der Waals surface area contributed by atoms with Gasteiger partial charge in [0, 0.05) is 31.0 Å². The number of rotatable bonds is 3. The maximum Gasteiger partial charge on any atom is 0.126 e. The smallest absolute Gasteiger partial charge is 0.126 e. The van der Waals surface area contributed by atoms with Gasteiger partial charge in [-0.2, -0.15) is 0 Å². The van der Waals surface area contributed by atoms with E-state index in [0.29, 0.717) is 5.92 Å².